The summed E-state index contributed by atoms with van der Waals surface area (Å²) in [7, 11) is 1.27. The van der Waals surface area contributed by atoms with E-state index in [2.05, 4.69) is 15.6 Å². The van der Waals surface area contributed by atoms with E-state index < -0.39 is 41.5 Å². The lowest BCUT2D eigenvalue weighted by atomic mass is 9.72. The Hall–Kier alpha value is -3.89. The third-order valence-electron chi connectivity index (χ3n) is 8.67. The molecule has 1 spiro atoms. The maximum absolute atomic E-state index is 13.8. The molecule has 43 heavy (non-hydrogen) atoms. The molecule has 4 heterocycles. The number of aromatic nitrogens is 1. The Morgan fingerprint density at radius 2 is 1.91 bits per heavy atom. The van der Waals surface area contributed by atoms with E-state index in [-0.39, 0.29) is 47.9 Å². The first-order valence-electron chi connectivity index (χ1n) is 14.4. The van der Waals surface area contributed by atoms with Crippen molar-refractivity contribution in [2.45, 2.75) is 64.3 Å². The fourth-order valence-electron chi connectivity index (χ4n) is 6.40. The highest BCUT2D eigenvalue weighted by Crippen LogP contribution is 2.59. The van der Waals surface area contributed by atoms with Gasteiger partial charge in [-0.15, -0.1) is 0 Å². The van der Waals surface area contributed by atoms with Crippen molar-refractivity contribution in [3.63, 3.8) is 0 Å². The number of esters is 1. The molecule has 3 aromatic rings. The van der Waals surface area contributed by atoms with Crippen molar-refractivity contribution >= 4 is 34.9 Å². The molecule has 3 aliphatic rings. The number of ether oxygens (including phenoxy) is 2. The summed E-state index contributed by atoms with van der Waals surface area (Å²) in [4.78, 5) is 44.8. The lowest BCUT2D eigenvalue weighted by Crippen LogP contribution is -2.41. The molecular formula is C32H34ClN3O7. The van der Waals surface area contributed by atoms with Crippen molar-refractivity contribution in [1.82, 2.24) is 10.3 Å². The van der Waals surface area contributed by atoms with E-state index in [4.69, 9.17) is 25.5 Å². The van der Waals surface area contributed by atoms with Crippen LogP contribution in [0.5, 0.6) is 5.75 Å². The van der Waals surface area contributed by atoms with E-state index in [0.29, 0.717) is 16.3 Å². The van der Waals surface area contributed by atoms with Crippen LogP contribution in [0.1, 0.15) is 79.0 Å². The predicted molar refractivity (Wildman–Crippen MR) is 157 cm³/mol. The summed E-state index contributed by atoms with van der Waals surface area (Å²) in [5.74, 6) is -1.86. The van der Waals surface area contributed by atoms with Crippen LogP contribution in [0.15, 0.2) is 40.8 Å². The van der Waals surface area contributed by atoms with E-state index in [1.165, 1.54) is 7.11 Å². The van der Waals surface area contributed by atoms with Gasteiger partial charge in [-0.25, -0.2) is 9.78 Å². The van der Waals surface area contributed by atoms with Gasteiger partial charge in [-0.1, -0.05) is 51.4 Å². The van der Waals surface area contributed by atoms with Gasteiger partial charge in [0.25, 0.3) is 0 Å². The zero-order chi connectivity index (χ0) is 30.8. The molecule has 0 radical (unpaired) electrons. The van der Waals surface area contributed by atoms with E-state index in [9.17, 15) is 19.5 Å². The van der Waals surface area contributed by atoms with Crippen LogP contribution < -0.4 is 15.4 Å². The second-order valence-electron chi connectivity index (χ2n) is 12.2. The topological polar surface area (TPSA) is 140 Å². The van der Waals surface area contributed by atoms with Gasteiger partial charge in [-0.05, 0) is 48.1 Å². The number of benzene rings is 2. The van der Waals surface area contributed by atoms with Crippen LogP contribution in [0.2, 0.25) is 5.02 Å². The molecule has 11 heteroatoms. The molecular weight excluding hydrogens is 574 g/mol. The smallest absolute Gasteiger partial charge is 0.360 e. The first-order chi connectivity index (χ1) is 20.4. The number of nitrogens with one attached hydrogen (secondary N) is 2. The fraction of sp³-hybridized carbons (Fsp3) is 0.438. The summed E-state index contributed by atoms with van der Waals surface area (Å²) < 4.78 is 18.2. The third kappa shape index (κ3) is 4.58. The zero-order valence-electron chi connectivity index (χ0n) is 24.6. The molecule has 10 nitrogen and oxygen atoms in total. The summed E-state index contributed by atoms with van der Waals surface area (Å²) in [5, 5.41) is 17.4. The number of anilines is 1. The lowest BCUT2D eigenvalue weighted by molar-refractivity contribution is -0.135. The molecule has 226 valence electrons. The van der Waals surface area contributed by atoms with Crippen LogP contribution in [0, 0.1) is 17.8 Å². The second-order valence-corrected chi connectivity index (χ2v) is 12.6. The van der Waals surface area contributed by atoms with Gasteiger partial charge in [-0.3, -0.25) is 9.59 Å². The van der Waals surface area contributed by atoms with Gasteiger partial charge in [0, 0.05) is 34.2 Å². The number of Topliss-reactive ketones (excluding diaryl/α,β-unsaturated/α-hetero) is 1. The van der Waals surface area contributed by atoms with Crippen LogP contribution in [0.3, 0.4) is 0 Å². The van der Waals surface area contributed by atoms with Crippen molar-refractivity contribution in [2.24, 2.45) is 17.8 Å². The number of amides is 1. The zero-order valence-corrected chi connectivity index (χ0v) is 25.3. The Labute approximate surface area is 254 Å². The monoisotopic (exact) mass is 607 g/mol. The molecule has 1 unspecified atom stereocenters. The van der Waals surface area contributed by atoms with Crippen molar-refractivity contribution < 1.29 is 33.4 Å². The quantitative estimate of drug-likeness (QED) is 0.344. The summed E-state index contributed by atoms with van der Waals surface area (Å²) in [5.41, 5.74) is 1.75. The van der Waals surface area contributed by atoms with Crippen molar-refractivity contribution in [2.75, 3.05) is 12.4 Å². The first kappa shape index (κ1) is 29.2. The first-order valence-corrected chi connectivity index (χ1v) is 14.8. The second kappa shape index (κ2) is 10.7. The average molecular weight is 608 g/mol. The number of carbonyl (C=O) groups is 3. The van der Waals surface area contributed by atoms with Crippen molar-refractivity contribution in [3.8, 4) is 5.75 Å². The Kier molecular flexibility index (Phi) is 7.25. The van der Waals surface area contributed by atoms with Gasteiger partial charge in [0.2, 0.25) is 11.8 Å². The number of fused-ring (bicyclic) bond motifs is 4. The minimum Gasteiger partial charge on any atom is -0.469 e. The maximum atomic E-state index is 13.8. The Balaban J connectivity index is 1.61. The van der Waals surface area contributed by atoms with Gasteiger partial charge >= 0.3 is 5.97 Å². The average Bonchev–Trinajstić information content (AvgIpc) is 3.63. The summed E-state index contributed by atoms with van der Waals surface area (Å²) in [6.07, 6.45) is -1.81. The molecule has 3 aliphatic heterocycles. The molecule has 6 rings (SSSR count). The maximum Gasteiger partial charge on any atom is 0.360 e. The van der Waals surface area contributed by atoms with Crippen molar-refractivity contribution in [1.29, 1.82) is 0 Å². The van der Waals surface area contributed by atoms with Gasteiger partial charge < -0.3 is 29.6 Å². The lowest BCUT2D eigenvalue weighted by Gasteiger charge is -2.28. The molecule has 0 saturated carbocycles. The Morgan fingerprint density at radius 1 is 1.14 bits per heavy atom. The standard InChI is InChI=1S/C32H34ClN3O7/c1-14(2)24-29-36-25(30(40)41-5)27(43-29)32-19-13-18(33)7-8-21(19)34-31(32)42-23-9-6-16(11-20(23)32)10-17(28(39)35-24)12-22(37)26(38)15(3)4/h6-9,11,13-15,17,24,26,31,34,38H,10,12H2,1-5H3,(H,35,39)/t17-,24+,26+,31?,32+/m1/s1. The van der Waals surface area contributed by atoms with Gasteiger partial charge in [0.1, 0.15) is 23.3 Å². The van der Waals surface area contributed by atoms with E-state index in [1.54, 1.807) is 19.9 Å². The number of halogens is 1. The van der Waals surface area contributed by atoms with Gasteiger partial charge in [-0.2, -0.15) is 0 Å². The third-order valence-corrected chi connectivity index (χ3v) is 8.91. The van der Waals surface area contributed by atoms with E-state index in [0.717, 1.165) is 16.8 Å². The predicted octanol–water partition coefficient (Wildman–Crippen LogP) is 4.55. The molecule has 0 aliphatic carbocycles. The van der Waals surface area contributed by atoms with Crippen LogP contribution in [-0.2, 0) is 26.2 Å². The minimum atomic E-state index is -1.18. The largest absolute Gasteiger partial charge is 0.469 e. The van der Waals surface area contributed by atoms with E-state index >= 15 is 0 Å². The number of methoxy groups -OCH3 is 1. The Morgan fingerprint density at radius 3 is 2.60 bits per heavy atom. The van der Waals surface area contributed by atoms with Crippen LogP contribution >= 0.6 is 11.6 Å². The highest BCUT2D eigenvalue weighted by molar-refractivity contribution is 6.30. The number of oxazole rings is 1. The summed E-state index contributed by atoms with van der Waals surface area (Å²) in [6.45, 7) is 7.31. The number of aliphatic hydroxyl groups is 1. The Bertz CT molecular complexity index is 1630. The highest BCUT2D eigenvalue weighted by Gasteiger charge is 2.61. The molecule has 1 aromatic heterocycles. The molecule has 0 fully saturated rings. The molecule has 3 N–H and O–H groups in total. The number of rotatable bonds is 6. The number of nitrogens with zero attached hydrogens (tertiary/aromatic N) is 1. The highest BCUT2D eigenvalue weighted by atomic mass is 35.5. The summed E-state index contributed by atoms with van der Waals surface area (Å²) in [6, 6.07) is 10.3. The van der Waals surface area contributed by atoms with Crippen LogP contribution in [0.4, 0.5) is 5.69 Å². The number of ketones is 1. The van der Waals surface area contributed by atoms with Crippen LogP contribution in [0.25, 0.3) is 0 Å². The van der Waals surface area contributed by atoms with Gasteiger partial charge in [0.05, 0.1) is 7.11 Å². The molecule has 1 amide bonds. The van der Waals surface area contributed by atoms with Gasteiger partial charge in [0.15, 0.2) is 23.5 Å². The molecule has 2 aromatic carbocycles. The normalized spacial score (nSPS) is 24.2. The van der Waals surface area contributed by atoms with Crippen molar-refractivity contribution in [3.05, 3.63) is 75.5 Å². The number of aliphatic hydroxyl groups excluding tert-OH is 1. The number of hydrogen-bond acceptors (Lipinski definition) is 9. The number of hydrogen-bond donors (Lipinski definition) is 3. The molecule has 4 bridgehead atoms. The minimum absolute atomic E-state index is 0.0371. The molecule has 0 saturated heterocycles. The van der Waals surface area contributed by atoms with E-state index in [1.807, 2.05) is 44.2 Å². The van der Waals surface area contributed by atoms with Crippen LogP contribution in [-0.4, -0.2) is 47.2 Å². The SMILES string of the molecule is COC(=O)c1nc2oc1[C@@]13c4cc(Cl)ccc4NC1Oc1ccc(cc13)C[C@H](CC(=O)[C@@H](O)C(C)C)C(=O)N[C@H]2C(C)C. The summed E-state index contributed by atoms with van der Waals surface area (Å²) >= 11 is 6.53. The molecule has 5 atom stereocenters. The fourth-order valence-corrected chi connectivity index (χ4v) is 6.58. The number of carbonyl (C=O) groups excluding carboxylic acids is 3.